The van der Waals surface area contributed by atoms with Crippen molar-refractivity contribution in [2.45, 2.75) is 43.8 Å². The summed E-state index contributed by atoms with van der Waals surface area (Å²) in [6.45, 7) is 0.881. The molecule has 1 fully saturated rings. The quantitative estimate of drug-likeness (QED) is 0.632. The first-order valence-electron chi connectivity index (χ1n) is 7.44. The predicted octanol–water partition coefficient (Wildman–Crippen LogP) is 1.24. The Hall–Kier alpha value is -1.75. The van der Waals surface area contributed by atoms with Gasteiger partial charge >= 0.3 is 17.9 Å². The second-order valence-corrected chi connectivity index (χ2v) is 6.86. The Balaban J connectivity index is 2.30. The molecule has 2 rings (SSSR count). The Morgan fingerprint density at radius 1 is 1.24 bits per heavy atom. The summed E-state index contributed by atoms with van der Waals surface area (Å²) in [5.41, 5.74) is -0.862. The van der Waals surface area contributed by atoms with Gasteiger partial charge in [-0.15, -0.1) is 0 Å². The van der Waals surface area contributed by atoms with E-state index in [1.165, 1.54) is 0 Å². The third-order valence-corrected chi connectivity index (χ3v) is 5.17. The number of hydrogen-bond donors (Lipinski definition) is 2. The molecule has 2 N–H and O–H groups in total. The van der Waals surface area contributed by atoms with Gasteiger partial charge in [-0.1, -0.05) is 11.8 Å². The Kier molecular flexibility index (Phi) is 6.33. The van der Waals surface area contributed by atoms with Crippen LogP contribution >= 0.6 is 11.8 Å². The van der Waals surface area contributed by atoms with Gasteiger partial charge in [0.05, 0.1) is 25.0 Å². The van der Waals surface area contributed by atoms with Crippen LogP contribution in [-0.4, -0.2) is 63.8 Å². The standard InChI is InChI=1S/C14H17F2NO7S/c1-5(18)23-4-8-6(2-9(19)20)7(3-10(21)22)11-14(24-8)25-13(17-11)12(15)16/h6-8,11-12,14H,2-4H2,1H3,(H,19,20)(H,21,22)/t6-,7+,8-,11+,14+/m0/s1. The molecule has 0 saturated carbocycles. The van der Waals surface area contributed by atoms with Crippen LogP contribution in [-0.2, 0) is 23.9 Å². The van der Waals surface area contributed by atoms with E-state index in [1.807, 2.05) is 0 Å². The lowest BCUT2D eigenvalue weighted by Crippen LogP contribution is -2.50. The molecule has 5 atom stereocenters. The van der Waals surface area contributed by atoms with E-state index in [0.29, 0.717) is 11.8 Å². The van der Waals surface area contributed by atoms with E-state index in [2.05, 4.69) is 4.99 Å². The molecule has 0 spiro atoms. The predicted molar refractivity (Wildman–Crippen MR) is 81.6 cm³/mol. The number of aliphatic carboxylic acids is 2. The summed E-state index contributed by atoms with van der Waals surface area (Å²) >= 11 is 0.689. The normalized spacial score (nSPS) is 31.4. The Morgan fingerprint density at radius 3 is 2.36 bits per heavy atom. The van der Waals surface area contributed by atoms with Crippen LogP contribution < -0.4 is 0 Å². The lowest BCUT2D eigenvalue weighted by molar-refractivity contribution is -0.162. The molecule has 0 aromatic heterocycles. The third kappa shape index (κ3) is 4.88. The maximum Gasteiger partial charge on any atom is 0.303 e. The highest BCUT2D eigenvalue weighted by molar-refractivity contribution is 8.14. The van der Waals surface area contributed by atoms with E-state index in [0.717, 1.165) is 6.92 Å². The van der Waals surface area contributed by atoms with Crippen molar-refractivity contribution >= 4 is 34.7 Å². The molecular weight excluding hydrogens is 364 g/mol. The highest BCUT2D eigenvalue weighted by Crippen LogP contribution is 2.45. The van der Waals surface area contributed by atoms with Gasteiger partial charge in [0, 0.05) is 18.8 Å². The van der Waals surface area contributed by atoms with E-state index < -0.39 is 71.6 Å². The molecular formula is C14H17F2NO7S. The molecule has 0 aromatic rings. The smallest absolute Gasteiger partial charge is 0.303 e. The summed E-state index contributed by atoms with van der Waals surface area (Å²) in [7, 11) is 0. The van der Waals surface area contributed by atoms with Gasteiger partial charge in [0.1, 0.15) is 17.1 Å². The second-order valence-electron chi connectivity index (χ2n) is 5.75. The Bertz CT molecular complexity index is 586. The van der Waals surface area contributed by atoms with Crippen molar-refractivity contribution in [3.63, 3.8) is 0 Å². The van der Waals surface area contributed by atoms with Crippen molar-refractivity contribution in [1.82, 2.24) is 0 Å². The molecule has 2 aliphatic rings. The van der Waals surface area contributed by atoms with Gasteiger partial charge in [0.2, 0.25) is 0 Å². The highest BCUT2D eigenvalue weighted by atomic mass is 32.2. The zero-order chi connectivity index (χ0) is 18.7. The molecule has 0 aliphatic carbocycles. The molecule has 0 unspecified atom stereocenters. The summed E-state index contributed by atoms with van der Waals surface area (Å²) in [6.07, 6.45) is -4.63. The van der Waals surface area contributed by atoms with E-state index in [-0.39, 0.29) is 6.61 Å². The number of hydrogen-bond acceptors (Lipinski definition) is 7. The highest BCUT2D eigenvalue weighted by Gasteiger charge is 2.51. The molecule has 8 nitrogen and oxygen atoms in total. The van der Waals surface area contributed by atoms with Gasteiger partial charge in [-0.25, -0.2) is 8.78 Å². The zero-order valence-electron chi connectivity index (χ0n) is 13.1. The summed E-state index contributed by atoms with van der Waals surface area (Å²) < 4.78 is 36.4. The third-order valence-electron chi connectivity index (χ3n) is 4.03. The number of rotatable bonds is 7. The second kappa shape index (κ2) is 8.09. The van der Waals surface area contributed by atoms with Crippen molar-refractivity contribution in [3.05, 3.63) is 0 Å². The fraction of sp³-hybridized carbons (Fsp3) is 0.714. The summed E-state index contributed by atoms with van der Waals surface area (Å²) in [6, 6.07) is -0.886. The molecule has 0 amide bonds. The first-order valence-corrected chi connectivity index (χ1v) is 8.32. The molecule has 140 valence electrons. The molecule has 0 bridgehead atoms. The van der Waals surface area contributed by atoms with Crippen molar-refractivity contribution in [1.29, 1.82) is 0 Å². The van der Waals surface area contributed by atoms with E-state index >= 15 is 0 Å². The molecule has 25 heavy (non-hydrogen) atoms. The summed E-state index contributed by atoms with van der Waals surface area (Å²) in [5.74, 6) is -4.66. The van der Waals surface area contributed by atoms with E-state index in [4.69, 9.17) is 19.7 Å². The number of halogens is 2. The number of thioether (sulfide) groups is 1. The van der Waals surface area contributed by atoms with Gasteiger partial charge in [0.25, 0.3) is 6.43 Å². The topological polar surface area (TPSA) is 122 Å². The van der Waals surface area contributed by atoms with Crippen molar-refractivity contribution < 1.29 is 42.9 Å². The average Bonchev–Trinajstić information content (AvgIpc) is 2.91. The molecule has 0 aromatic carbocycles. The monoisotopic (exact) mass is 381 g/mol. The van der Waals surface area contributed by atoms with Gasteiger partial charge in [-0.3, -0.25) is 19.4 Å². The Morgan fingerprint density at radius 2 is 1.84 bits per heavy atom. The number of alkyl halides is 2. The first kappa shape index (κ1) is 19.6. The molecule has 11 heteroatoms. The number of aliphatic imine (C=N–C) groups is 1. The van der Waals surface area contributed by atoms with Crippen LogP contribution in [0.15, 0.2) is 4.99 Å². The van der Waals surface area contributed by atoms with E-state index in [1.54, 1.807) is 0 Å². The van der Waals surface area contributed by atoms with Crippen molar-refractivity contribution in [3.8, 4) is 0 Å². The lowest BCUT2D eigenvalue weighted by atomic mass is 9.76. The van der Waals surface area contributed by atoms with Gasteiger partial charge in [-0.05, 0) is 0 Å². The first-order chi connectivity index (χ1) is 11.7. The Labute approximate surface area is 145 Å². The molecule has 0 radical (unpaired) electrons. The molecule has 1 saturated heterocycles. The largest absolute Gasteiger partial charge is 0.481 e. The fourth-order valence-corrected chi connectivity index (χ4v) is 4.19. The lowest BCUT2D eigenvalue weighted by Gasteiger charge is -2.42. The van der Waals surface area contributed by atoms with Crippen molar-refractivity contribution in [2.75, 3.05) is 6.61 Å². The number of esters is 1. The van der Waals surface area contributed by atoms with Crippen LogP contribution in [0.25, 0.3) is 0 Å². The van der Waals surface area contributed by atoms with Gasteiger partial charge in [0.15, 0.2) is 0 Å². The van der Waals surface area contributed by atoms with Gasteiger partial charge in [-0.2, -0.15) is 0 Å². The fourth-order valence-electron chi connectivity index (χ4n) is 3.06. The number of nitrogens with zero attached hydrogens (tertiary/aromatic N) is 1. The van der Waals surface area contributed by atoms with E-state index in [9.17, 15) is 23.2 Å². The van der Waals surface area contributed by atoms with Crippen LogP contribution in [0.2, 0.25) is 0 Å². The summed E-state index contributed by atoms with van der Waals surface area (Å²) in [5, 5.41) is 17.8. The minimum absolute atomic E-state index is 0.281. The number of carboxylic acids is 2. The maximum atomic E-state index is 12.9. The number of ether oxygens (including phenoxy) is 2. The number of carbonyl (C=O) groups is 3. The number of fused-ring (bicyclic) bond motifs is 1. The van der Waals surface area contributed by atoms with Crippen LogP contribution in [0, 0.1) is 11.8 Å². The minimum Gasteiger partial charge on any atom is -0.481 e. The maximum absolute atomic E-state index is 12.9. The number of carboxylic acid groups (broad SMARTS) is 2. The minimum atomic E-state index is -2.82. The number of carbonyl (C=O) groups excluding carboxylic acids is 1. The zero-order valence-corrected chi connectivity index (χ0v) is 13.9. The van der Waals surface area contributed by atoms with Crippen LogP contribution in [0.1, 0.15) is 19.8 Å². The summed E-state index contributed by atoms with van der Waals surface area (Å²) in [4.78, 5) is 37.3. The van der Waals surface area contributed by atoms with Crippen molar-refractivity contribution in [2.24, 2.45) is 16.8 Å². The van der Waals surface area contributed by atoms with Gasteiger partial charge < -0.3 is 19.7 Å². The van der Waals surface area contributed by atoms with Crippen LogP contribution in [0.5, 0.6) is 0 Å². The average molecular weight is 381 g/mol. The van der Waals surface area contributed by atoms with Crippen LogP contribution in [0.3, 0.4) is 0 Å². The molecule has 2 heterocycles. The molecule has 2 aliphatic heterocycles. The van der Waals surface area contributed by atoms with Crippen LogP contribution in [0.4, 0.5) is 8.78 Å². The SMILES string of the molecule is CC(=O)OC[C@@H]1O[C@@H]2SC(C(F)F)=N[C@@H]2[C@H](CC(=O)O)[C@@H]1CC(=O)O.